The van der Waals surface area contributed by atoms with E-state index < -0.39 is 0 Å². The summed E-state index contributed by atoms with van der Waals surface area (Å²) < 4.78 is 0. The number of aryl methyl sites for hydroxylation is 5. The molecule has 12 aromatic rings. The maximum absolute atomic E-state index is 4.08. The molecule has 4 aliphatic rings. The van der Waals surface area contributed by atoms with Crippen LogP contribution in [0.2, 0.25) is 0 Å². The fourth-order valence-electron chi connectivity index (χ4n) is 16.5. The van der Waals surface area contributed by atoms with Gasteiger partial charge in [-0.3, -0.25) is 4.98 Å². The topological polar surface area (TPSA) is 12.9 Å². The molecule has 0 spiro atoms. The number of rotatable bonds is 14. The van der Waals surface area contributed by atoms with E-state index in [4.69, 9.17) is 0 Å². The molecule has 1 aromatic heterocycles. The fourth-order valence-corrected chi connectivity index (χ4v) is 16.5. The average molecular weight is 1510 g/mol. The van der Waals surface area contributed by atoms with E-state index in [0.29, 0.717) is 5.92 Å². The summed E-state index contributed by atoms with van der Waals surface area (Å²) in [4.78, 5) is 4.08. The minimum absolute atomic E-state index is 0.616. The quantitative estimate of drug-likeness (QED) is 0.106. The third-order valence-corrected chi connectivity index (χ3v) is 23.8. The molecular formula is C113H137N. The van der Waals surface area contributed by atoms with Crippen molar-refractivity contribution in [2.45, 2.75) is 229 Å². The summed E-state index contributed by atoms with van der Waals surface area (Å²) >= 11 is 0. The van der Waals surface area contributed by atoms with Gasteiger partial charge in [-0.15, -0.1) is 0 Å². The van der Waals surface area contributed by atoms with Crippen LogP contribution in [0.15, 0.2) is 327 Å². The summed E-state index contributed by atoms with van der Waals surface area (Å²) in [5.41, 5.74) is 26.3. The van der Waals surface area contributed by atoms with Gasteiger partial charge in [-0.1, -0.05) is 417 Å². The van der Waals surface area contributed by atoms with Crippen molar-refractivity contribution in [3.05, 3.63) is 405 Å². The molecule has 4 saturated carbocycles. The summed E-state index contributed by atoms with van der Waals surface area (Å²) in [6.07, 6.45) is 34.8. The minimum Gasteiger partial charge on any atom is -0.264 e. The zero-order chi connectivity index (χ0) is 80.3. The van der Waals surface area contributed by atoms with Gasteiger partial charge in [0, 0.05) is 12.4 Å². The Morgan fingerprint density at radius 1 is 0.325 bits per heavy atom. The van der Waals surface area contributed by atoms with E-state index in [1.54, 1.807) is 22.9 Å². The third kappa shape index (κ3) is 32.7. The standard InChI is InChI=1S/C16H24.C16H22.C16H18.C14H14.2C13H18.C13H12.C12H11N/c3*1-13(2)16-10-8-15(9-11-16)12-14-6-4-3-5-7-14;1-12-6-5-9-14(10-12)11-13-7-3-2-4-8-13;1-11-7-5-6-10-13(11)12-8-3-2-4-9-12;2*1-11-7-9-13(10-8-11)12-5-3-2-4-6-12;1-10-4-6-11(7-5-10)12-3-2-8-13-9-12/h3-7,13,15-16H,8-12H2,1-2H3;3-7,12-13,16H,8-11H2,1-2H3;3-11,13H,12H2,1-2H3;2-10H,11H2,1H3;5-7,10,12H,2-4,8-9H2,1H3;7-10,12H,2-6H2,1H3;2-10H,1H3;2-9H,1H3. The molecule has 4 fully saturated rings. The van der Waals surface area contributed by atoms with E-state index in [2.05, 4.69) is 384 Å². The lowest BCUT2D eigenvalue weighted by atomic mass is 9.75. The van der Waals surface area contributed by atoms with Gasteiger partial charge >= 0.3 is 0 Å². The molecule has 11 aromatic carbocycles. The van der Waals surface area contributed by atoms with E-state index >= 15 is 0 Å². The van der Waals surface area contributed by atoms with Gasteiger partial charge < -0.3 is 0 Å². The highest BCUT2D eigenvalue weighted by Gasteiger charge is 2.24. The van der Waals surface area contributed by atoms with Crippen molar-refractivity contribution in [1.82, 2.24) is 4.98 Å². The van der Waals surface area contributed by atoms with Crippen LogP contribution in [-0.4, -0.2) is 4.98 Å². The number of allylic oxidation sites excluding steroid dienone is 1. The smallest absolute Gasteiger partial charge is 0.0346 e. The normalized spacial score (nSPS) is 15.9. The predicted molar refractivity (Wildman–Crippen MR) is 497 cm³/mol. The highest BCUT2D eigenvalue weighted by Crippen LogP contribution is 2.38. The number of nitrogens with zero attached hydrogens (tertiary/aromatic N) is 1. The molecule has 1 heteroatoms. The van der Waals surface area contributed by atoms with Gasteiger partial charge in [0.05, 0.1) is 0 Å². The van der Waals surface area contributed by atoms with Gasteiger partial charge in [0.1, 0.15) is 0 Å². The molecule has 0 aliphatic heterocycles. The Labute approximate surface area is 692 Å². The molecule has 0 saturated heterocycles. The molecule has 16 rings (SSSR count). The first-order valence-electron chi connectivity index (χ1n) is 43.8. The van der Waals surface area contributed by atoms with Crippen LogP contribution >= 0.6 is 0 Å². The highest BCUT2D eigenvalue weighted by molar-refractivity contribution is 5.64. The van der Waals surface area contributed by atoms with E-state index in [-0.39, 0.29) is 0 Å². The number of pyridine rings is 1. The average Bonchev–Trinajstić information content (AvgIpc) is 0.850. The third-order valence-electron chi connectivity index (χ3n) is 23.8. The molecule has 1 nitrogen and oxygen atoms in total. The zero-order valence-electron chi connectivity index (χ0n) is 71.6. The maximum atomic E-state index is 4.08. The number of hydrogen-bond acceptors (Lipinski definition) is 1. The molecule has 0 unspecified atom stereocenters. The van der Waals surface area contributed by atoms with Gasteiger partial charge in [0.25, 0.3) is 0 Å². The van der Waals surface area contributed by atoms with Crippen molar-refractivity contribution in [3.63, 3.8) is 0 Å². The van der Waals surface area contributed by atoms with Crippen molar-refractivity contribution in [1.29, 1.82) is 0 Å². The Kier molecular flexibility index (Phi) is 38.6. The van der Waals surface area contributed by atoms with Crippen LogP contribution in [0, 0.1) is 64.2 Å². The van der Waals surface area contributed by atoms with Crippen LogP contribution in [0.4, 0.5) is 0 Å². The Balaban J connectivity index is 0.000000149. The largest absolute Gasteiger partial charge is 0.264 e. The van der Waals surface area contributed by atoms with Gasteiger partial charge in [-0.25, -0.2) is 0 Å². The second-order valence-corrected chi connectivity index (χ2v) is 34.0. The summed E-state index contributed by atoms with van der Waals surface area (Å²) in [5, 5.41) is 0. The molecule has 1 heterocycles. The van der Waals surface area contributed by atoms with Gasteiger partial charge in [-0.2, -0.15) is 0 Å². The number of hydrogen-bond donors (Lipinski definition) is 0. The van der Waals surface area contributed by atoms with Crippen LogP contribution in [0.1, 0.15) is 253 Å². The van der Waals surface area contributed by atoms with E-state index in [0.717, 1.165) is 54.3 Å². The summed E-state index contributed by atoms with van der Waals surface area (Å²) in [7, 11) is 0. The van der Waals surface area contributed by atoms with Gasteiger partial charge in [0.2, 0.25) is 0 Å². The lowest BCUT2D eigenvalue weighted by Crippen LogP contribution is -2.19. The Bertz CT molecular complexity index is 4410. The molecule has 114 heavy (non-hydrogen) atoms. The maximum Gasteiger partial charge on any atom is 0.0346 e. The van der Waals surface area contributed by atoms with Crippen molar-refractivity contribution in [3.8, 4) is 22.3 Å². The van der Waals surface area contributed by atoms with Gasteiger partial charge in [-0.05, 0) is 262 Å². The molecule has 4 aliphatic carbocycles. The summed E-state index contributed by atoms with van der Waals surface area (Å²) in [5.74, 6) is 6.96. The van der Waals surface area contributed by atoms with Crippen LogP contribution < -0.4 is 0 Å². The summed E-state index contributed by atoms with van der Waals surface area (Å²) in [6, 6.07) is 110. The van der Waals surface area contributed by atoms with Crippen LogP contribution in [-0.2, 0) is 19.3 Å². The molecule has 0 atom stereocenters. The SMILES string of the molecule is CC(C)C1CCC(=Cc2ccccc2)CC1.CC(C)C1CCC(Cc2ccccc2)CC1.CC(C)c1ccc(Cc2ccccc2)cc1.Cc1ccc(-c2ccccc2)cc1.Cc1ccc(-c2cccnc2)cc1.Cc1ccc(C2CCCCC2)cc1.Cc1cccc(Cc2ccccc2)c1.Cc1ccccc1C1CCCCC1. The zero-order valence-corrected chi connectivity index (χ0v) is 71.6. The number of aromatic nitrogens is 1. The molecule has 0 radical (unpaired) electrons. The van der Waals surface area contributed by atoms with Crippen molar-refractivity contribution in [2.24, 2.45) is 29.6 Å². The minimum atomic E-state index is 0.616. The fraction of sp³-hybridized carbons (Fsp3) is 0.354. The van der Waals surface area contributed by atoms with Crippen LogP contribution in [0.5, 0.6) is 0 Å². The highest BCUT2D eigenvalue weighted by atomic mass is 14.6. The molecule has 0 bridgehead atoms. The van der Waals surface area contributed by atoms with Crippen LogP contribution in [0.25, 0.3) is 28.3 Å². The Morgan fingerprint density at radius 2 is 0.746 bits per heavy atom. The Morgan fingerprint density at radius 3 is 1.24 bits per heavy atom. The summed E-state index contributed by atoms with van der Waals surface area (Å²) in [6.45, 7) is 24.7. The predicted octanol–water partition coefficient (Wildman–Crippen LogP) is 32.4. The first-order valence-corrected chi connectivity index (χ1v) is 43.8. The van der Waals surface area contributed by atoms with Crippen molar-refractivity contribution < 1.29 is 0 Å². The van der Waals surface area contributed by atoms with Crippen LogP contribution in [0.3, 0.4) is 0 Å². The molecule has 0 amide bonds. The van der Waals surface area contributed by atoms with Gasteiger partial charge in [0.15, 0.2) is 0 Å². The number of benzene rings is 11. The first kappa shape index (κ1) is 88.3. The second kappa shape index (κ2) is 49.8. The van der Waals surface area contributed by atoms with Crippen molar-refractivity contribution in [2.75, 3.05) is 0 Å². The van der Waals surface area contributed by atoms with E-state index in [1.807, 2.05) is 18.3 Å². The molecule has 594 valence electrons. The second-order valence-electron chi connectivity index (χ2n) is 34.0. The lowest BCUT2D eigenvalue weighted by molar-refractivity contribution is 0.223. The Hall–Kier alpha value is -9.69. The lowest BCUT2D eigenvalue weighted by Gasteiger charge is -2.30. The molecular weight excluding hydrogens is 1370 g/mol. The van der Waals surface area contributed by atoms with E-state index in [9.17, 15) is 0 Å². The molecule has 0 N–H and O–H groups in total. The monoisotopic (exact) mass is 1510 g/mol. The van der Waals surface area contributed by atoms with E-state index in [1.165, 1.54) is 211 Å². The first-order chi connectivity index (χ1) is 55.6. The van der Waals surface area contributed by atoms with Crippen molar-refractivity contribution >= 4 is 6.08 Å².